The molecule has 18 heavy (non-hydrogen) atoms. The highest BCUT2D eigenvalue weighted by Gasteiger charge is 2.18. The molecule has 0 aliphatic carbocycles. The van der Waals surface area contributed by atoms with Crippen LogP contribution in [-0.4, -0.2) is 30.5 Å². The number of likely N-dealkylation sites (N-methyl/N-ethyl adjacent to an activating group) is 1. The second-order valence-corrected chi connectivity index (χ2v) is 4.44. The van der Waals surface area contributed by atoms with E-state index in [0.717, 1.165) is 19.4 Å². The average molecular weight is 250 g/mol. The van der Waals surface area contributed by atoms with Gasteiger partial charge in [0, 0.05) is 19.3 Å². The second kappa shape index (κ2) is 6.89. The van der Waals surface area contributed by atoms with Crippen LogP contribution in [0.4, 0.5) is 5.69 Å². The molecule has 0 saturated heterocycles. The molecule has 1 atom stereocenters. The van der Waals surface area contributed by atoms with Crippen LogP contribution in [0, 0.1) is 0 Å². The van der Waals surface area contributed by atoms with E-state index in [2.05, 4.69) is 6.92 Å². The third-order valence-corrected chi connectivity index (χ3v) is 2.76. The minimum atomic E-state index is -0.476. The lowest BCUT2D eigenvalue weighted by atomic mass is 10.2. The van der Waals surface area contributed by atoms with Crippen LogP contribution in [0.5, 0.6) is 5.75 Å². The van der Waals surface area contributed by atoms with Crippen LogP contribution in [0.2, 0.25) is 0 Å². The van der Waals surface area contributed by atoms with E-state index in [1.807, 2.05) is 0 Å². The summed E-state index contributed by atoms with van der Waals surface area (Å²) in [4.78, 5) is 13.7. The highest BCUT2D eigenvalue weighted by molar-refractivity contribution is 5.80. The van der Waals surface area contributed by atoms with Gasteiger partial charge in [-0.25, -0.2) is 0 Å². The number of hydrogen-bond acceptors (Lipinski definition) is 3. The Kier molecular flexibility index (Phi) is 5.49. The maximum atomic E-state index is 12.0. The molecule has 2 N–H and O–H groups in total. The largest absolute Gasteiger partial charge is 0.481 e. The van der Waals surface area contributed by atoms with Crippen molar-refractivity contribution in [2.75, 3.05) is 19.3 Å². The van der Waals surface area contributed by atoms with Crippen LogP contribution < -0.4 is 10.5 Å². The molecule has 0 fully saturated rings. The average Bonchev–Trinajstić information content (AvgIpc) is 2.37. The van der Waals surface area contributed by atoms with Crippen molar-refractivity contribution < 1.29 is 9.53 Å². The van der Waals surface area contributed by atoms with E-state index in [0.29, 0.717) is 11.4 Å². The molecular formula is C14H22N2O2. The van der Waals surface area contributed by atoms with Gasteiger partial charge in [-0.05, 0) is 37.6 Å². The van der Waals surface area contributed by atoms with Crippen molar-refractivity contribution in [1.29, 1.82) is 0 Å². The van der Waals surface area contributed by atoms with Crippen LogP contribution in [0.3, 0.4) is 0 Å². The summed E-state index contributed by atoms with van der Waals surface area (Å²) in [5.41, 5.74) is 6.27. The van der Waals surface area contributed by atoms with Crippen molar-refractivity contribution in [3.05, 3.63) is 24.3 Å². The van der Waals surface area contributed by atoms with E-state index < -0.39 is 6.10 Å². The molecule has 1 aromatic rings. The number of rotatable bonds is 6. The maximum absolute atomic E-state index is 12.0. The molecule has 0 aliphatic rings. The number of amides is 1. The zero-order valence-electron chi connectivity index (χ0n) is 11.3. The Morgan fingerprint density at radius 3 is 2.56 bits per heavy atom. The molecule has 0 heterocycles. The van der Waals surface area contributed by atoms with E-state index in [1.165, 1.54) is 0 Å². The summed E-state index contributed by atoms with van der Waals surface area (Å²) in [5.74, 6) is 0.661. The number of nitrogen functional groups attached to an aromatic ring is 1. The third-order valence-electron chi connectivity index (χ3n) is 2.76. The number of nitrogens with zero attached hydrogens (tertiary/aromatic N) is 1. The lowest BCUT2D eigenvalue weighted by molar-refractivity contribution is -0.136. The molecule has 1 unspecified atom stereocenters. The summed E-state index contributed by atoms with van der Waals surface area (Å²) < 4.78 is 5.59. The Balaban J connectivity index is 2.51. The van der Waals surface area contributed by atoms with Gasteiger partial charge >= 0.3 is 0 Å². The number of ether oxygens (including phenoxy) is 1. The Morgan fingerprint density at radius 2 is 2.00 bits per heavy atom. The minimum Gasteiger partial charge on any atom is -0.481 e. The Labute approximate surface area is 109 Å². The predicted molar refractivity (Wildman–Crippen MR) is 73.5 cm³/mol. The highest BCUT2D eigenvalue weighted by atomic mass is 16.5. The molecule has 0 saturated carbocycles. The molecule has 0 bridgehead atoms. The SMILES string of the molecule is CCCCN(C)C(=O)C(C)Oc1ccc(N)cc1. The van der Waals surface area contributed by atoms with Gasteiger partial charge in [-0.3, -0.25) is 4.79 Å². The van der Waals surface area contributed by atoms with Crippen molar-refractivity contribution in [2.24, 2.45) is 0 Å². The highest BCUT2D eigenvalue weighted by Crippen LogP contribution is 2.15. The summed E-state index contributed by atoms with van der Waals surface area (Å²) in [6.07, 6.45) is 1.61. The van der Waals surface area contributed by atoms with E-state index >= 15 is 0 Å². The molecule has 0 spiro atoms. The molecule has 1 rings (SSSR count). The molecule has 1 amide bonds. The van der Waals surface area contributed by atoms with Gasteiger partial charge in [0.2, 0.25) is 0 Å². The number of unbranched alkanes of at least 4 members (excludes halogenated alkanes) is 1. The normalized spacial score (nSPS) is 11.9. The fourth-order valence-electron chi connectivity index (χ4n) is 1.62. The quantitative estimate of drug-likeness (QED) is 0.788. The minimum absolute atomic E-state index is 0.000255. The number of benzene rings is 1. The zero-order chi connectivity index (χ0) is 13.5. The van der Waals surface area contributed by atoms with Gasteiger partial charge in [-0.15, -0.1) is 0 Å². The van der Waals surface area contributed by atoms with Crippen molar-refractivity contribution in [3.8, 4) is 5.75 Å². The van der Waals surface area contributed by atoms with Crippen molar-refractivity contribution >= 4 is 11.6 Å². The van der Waals surface area contributed by atoms with Gasteiger partial charge in [0.1, 0.15) is 5.75 Å². The monoisotopic (exact) mass is 250 g/mol. The fraction of sp³-hybridized carbons (Fsp3) is 0.500. The van der Waals surface area contributed by atoms with Crippen LogP contribution in [-0.2, 0) is 4.79 Å². The van der Waals surface area contributed by atoms with E-state index in [-0.39, 0.29) is 5.91 Å². The molecular weight excluding hydrogens is 228 g/mol. The van der Waals surface area contributed by atoms with Crippen molar-refractivity contribution in [2.45, 2.75) is 32.8 Å². The van der Waals surface area contributed by atoms with Gasteiger partial charge in [-0.1, -0.05) is 13.3 Å². The smallest absolute Gasteiger partial charge is 0.263 e. The van der Waals surface area contributed by atoms with E-state index in [9.17, 15) is 4.79 Å². The Bertz CT molecular complexity index is 376. The van der Waals surface area contributed by atoms with Gasteiger partial charge in [0.15, 0.2) is 6.10 Å². The Morgan fingerprint density at radius 1 is 1.39 bits per heavy atom. The topological polar surface area (TPSA) is 55.6 Å². The maximum Gasteiger partial charge on any atom is 0.263 e. The van der Waals surface area contributed by atoms with E-state index in [1.54, 1.807) is 43.1 Å². The predicted octanol–water partition coefficient (Wildman–Crippen LogP) is 2.29. The number of anilines is 1. The zero-order valence-corrected chi connectivity index (χ0v) is 11.3. The van der Waals surface area contributed by atoms with Crippen molar-refractivity contribution in [3.63, 3.8) is 0 Å². The van der Waals surface area contributed by atoms with Gasteiger partial charge in [0.25, 0.3) is 5.91 Å². The van der Waals surface area contributed by atoms with Gasteiger partial charge in [-0.2, -0.15) is 0 Å². The fourth-order valence-corrected chi connectivity index (χ4v) is 1.62. The lowest BCUT2D eigenvalue weighted by Crippen LogP contribution is -2.38. The number of carbonyl (C=O) groups excluding carboxylic acids is 1. The lowest BCUT2D eigenvalue weighted by Gasteiger charge is -2.22. The summed E-state index contributed by atoms with van der Waals surface area (Å²) in [6, 6.07) is 7.05. The van der Waals surface area contributed by atoms with Gasteiger partial charge < -0.3 is 15.4 Å². The molecule has 0 radical (unpaired) electrons. The van der Waals surface area contributed by atoms with E-state index in [4.69, 9.17) is 10.5 Å². The standard InChI is InChI=1S/C14H22N2O2/c1-4-5-10-16(3)14(17)11(2)18-13-8-6-12(15)7-9-13/h6-9,11H,4-5,10,15H2,1-3H3. The number of hydrogen-bond donors (Lipinski definition) is 1. The van der Waals surface area contributed by atoms with Crippen LogP contribution in [0.1, 0.15) is 26.7 Å². The van der Waals surface area contributed by atoms with Crippen LogP contribution >= 0.6 is 0 Å². The Hall–Kier alpha value is -1.71. The first kappa shape index (κ1) is 14.4. The van der Waals surface area contributed by atoms with Crippen molar-refractivity contribution in [1.82, 2.24) is 4.90 Å². The number of nitrogens with two attached hydrogens (primary N) is 1. The third kappa shape index (κ3) is 4.28. The molecule has 1 aromatic carbocycles. The first-order valence-electron chi connectivity index (χ1n) is 6.31. The number of carbonyl (C=O) groups is 1. The summed E-state index contributed by atoms with van der Waals surface area (Å²) in [7, 11) is 1.81. The van der Waals surface area contributed by atoms with Crippen LogP contribution in [0.25, 0.3) is 0 Å². The molecule has 0 aliphatic heterocycles. The first-order valence-corrected chi connectivity index (χ1v) is 6.31. The second-order valence-electron chi connectivity index (χ2n) is 4.44. The first-order chi connectivity index (χ1) is 8.54. The summed E-state index contributed by atoms with van der Waals surface area (Å²) in [6.45, 7) is 4.64. The molecule has 4 heteroatoms. The molecule has 100 valence electrons. The summed E-state index contributed by atoms with van der Waals surface area (Å²) >= 11 is 0. The van der Waals surface area contributed by atoms with Crippen LogP contribution in [0.15, 0.2) is 24.3 Å². The molecule has 0 aromatic heterocycles. The van der Waals surface area contributed by atoms with Gasteiger partial charge in [0.05, 0.1) is 0 Å². The summed E-state index contributed by atoms with van der Waals surface area (Å²) in [5, 5.41) is 0. The molecule has 4 nitrogen and oxygen atoms in total.